The summed E-state index contributed by atoms with van der Waals surface area (Å²) in [6.07, 6.45) is 4.88. The SMILES string of the molecule is C.C=C(CCC(C)CCC)c1ccc(-c2ccc(C)cc2Cl)cc1NC(=C)c1cc(C=O)ccc1C(=O)O. The molecule has 5 heteroatoms. The number of nitrogens with one attached hydrogen (secondary N) is 1. The van der Waals surface area contributed by atoms with Crippen molar-refractivity contribution in [2.45, 2.75) is 53.9 Å². The fourth-order valence-corrected chi connectivity index (χ4v) is 4.82. The summed E-state index contributed by atoms with van der Waals surface area (Å²) in [6.45, 7) is 14.9. The van der Waals surface area contributed by atoms with Crippen LogP contribution in [0.5, 0.6) is 0 Å². The number of carboxylic acids is 1. The lowest BCUT2D eigenvalue weighted by atomic mass is 9.92. The van der Waals surface area contributed by atoms with Gasteiger partial charge in [0.05, 0.1) is 5.56 Å². The zero-order valence-corrected chi connectivity index (χ0v) is 22.5. The number of aldehydes is 1. The lowest BCUT2D eigenvalue weighted by molar-refractivity contribution is 0.0696. The number of aryl methyl sites for hydroxylation is 1. The van der Waals surface area contributed by atoms with Gasteiger partial charge in [-0.1, -0.05) is 89.2 Å². The Morgan fingerprint density at radius 1 is 1.03 bits per heavy atom. The average molecular weight is 532 g/mol. The minimum absolute atomic E-state index is 0. The van der Waals surface area contributed by atoms with E-state index in [-0.39, 0.29) is 13.0 Å². The summed E-state index contributed by atoms with van der Waals surface area (Å²) in [5.74, 6) is -0.492. The number of allylic oxidation sites excluding steroid dienone is 1. The Hall–Kier alpha value is -3.63. The number of carbonyl (C=O) groups excluding carboxylic acids is 1. The molecule has 0 aliphatic carbocycles. The molecule has 0 aliphatic heterocycles. The van der Waals surface area contributed by atoms with E-state index in [1.165, 1.54) is 24.6 Å². The Kier molecular flexibility index (Phi) is 11.1. The smallest absolute Gasteiger partial charge is 0.336 e. The molecule has 0 fully saturated rings. The molecule has 3 aromatic carbocycles. The Morgan fingerprint density at radius 2 is 1.74 bits per heavy atom. The Balaban J connectivity index is 0.00000507. The van der Waals surface area contributed by atoms with Gasteiger partial charge in [-0.3, -0.25) is 4.79 Å². The van der Waals surface area contributed by atoms with Gasteiger partial charge in [0, 0.05) is 38.7 Å². The van der Waals surface area contributed by atoms with Crippen molar-refractivity contribution in [2.24, 2.45) is 5.92 Å². The molecular formula is C33H38ClNO3. The molecule has 0 aromatic heterocycles. The van der Waals surface area contributed by atoms with Crippen molar-refractivity contribution in [3.8, 4) is 11.1 Å². The van der Waals surface area contributed by atoms with Crippen LogP contribution in [0.3, 0.4) is 0 Å². The average Bonchev–Trinajstić information content (AvgIpc) is 2.87. The highest BCUT2D eigenvalue weighted by Crippen LogP contribution is 2.36. The van der Waals surface area contributed by atoms with E-state index in [0.717, 1.165) is 52.8 Å². The maximum atomic E-state index is 11.9. The molecule has 0 heterocycles. The standard InChI is InChI=1S/C32H34ClNO3.CH4/c1-6-7-20(2)8-10-22(4)26-15-12-25(27-13-9-21(3)16-30(27)33)18-31(26)34-23(5)29-17-24(19-35)11-14-28(29)32(36)37;/h9,11-20,34H,4-8,10H2,1-3H3,(H,36,37);1H4. The predicted octanol–water partition coefficient (Wildman–Crippen LogP) is 9.77. The number of hydrogen-bond acceptors (Lipinski definition) is 3. The summed E-state index contributed by atoms with van der Waals surface area (Å²) in [5, 5.41) is 13.7. The molecule has 0 saturated heterocycles. The topological polar surface area (TPSA) is 66.4 Å². The Labute approximate surface area is 232 Å². The predicted molar refractivity (Wildman–Crippen MR) is 162 cm³/mol. The van der Waals surface area contributed by atoms with Crippen LogP contribution >= 0.6 is 11.6 Å². The van der Waals surface area contributed by atoms with Gasteiger partial charge in [-0.15, -0.1) is 0 Å². The highest BCUT2D eigenvalue weighted by molar-refractivity contribution is 6.33. The third-order valence-electron chi connectivity index (χ3n) is 6.58. The van der Waals surface area contributed by atoms with Gasteiger partial charge in [-0.05, 0) is 66.6 Å². The van der Waals surface area contributed by atoms with Crippen LogP contribution in [0.25, 0.3) is 22.4 Å². The molecule has 38 heavy (non-hydrogen) atoms. The van der Waals surface area contributed by atoms with E-state index in [4.69, 9.17) is 11.6 Å². The van der Waals surface area contributed by atoms with Crippen molar-refractivity contribution in [1.82, 2.24) is 0 Å². The molecule has 0 aliphatic rings. The lowest BCUT2D eigenvalue weighted by Gasteiger charge is -2.20. The van der Waals surface area contributed by atoms with Gasteiger partial charge in [-0.2, -0.15) is 0 Å². The summed E-state index contributed by atoms with van der Waals surface area (Å²) >= 11 is 6.57. The third kappa shape index (κ3) is 7.45. The van der Waals surface area contributed by atoms with Gasteiger partial charge >= 0.3 is 5.97 Å². The highest BCUT2D eigenvalue weighted by Gasteiger charge is 2.17. The number of carboxylic acid groups (broad SMARTS) is 1. The number of carbonyl (C=O) groups is 2. The van der Waals surface area contributed by atoms with Gasteiger partial charge in [0.1, 0.15) is 6.29 Å². The quantitative estimate of drug-likeness (QED) is 0.228. The number of benzene rings is 3. The van der Waals surface area contributed by atoms with E-state index in [1.807, 2.05) is 43.3 Å². The number of aromatic carboxylic acids is 1. The number of anilines is 1. The van der Waals surface area contributed by atoms with E-state index in [2.05, 4.69) is 32.3 Å². The second kappa shape index (κ2) is 13.8. The van der Waals surface area contributed by atoms with Crippen molar-refractivity contribution < 1.29 is 14.7 Å². The van der Waals surface area contributed by atoms with Crippen LogP contribution in [0.4, 0.5) is 5.69 Å². The van der Waals surface area contributed by atoms with Crippen molar-refractivity contribution in [3.05, 3.63) is 101 Å². The number of hydrogen-bond donors (Lipinski definition) is 2. The van der Waals surface area contributed by atoms with Crippen LogP contribution < -0.4 is 5.32 Å². The van der Waals surface area contributed by atoms with Crippen LogP contribution in [0, 0.1) is 12.8 Å². The Morgan fingerprint density at radius 3 is 2.37 bits per heavy atom. The summed E-state index contributed by atoms with van der Waals surface area (Å²) in [7, 11) is 0. The molecule has 0 saturated carbocycles. The lowest BCUT2D eigenvalue weighted by Crippen LogP contribution is -2.08. The highest BCUT2D eigenvalue weighted by atomic mass is 35.5. The molecular weight excluding hydrogens is 494 g/mol. The fraction of sp³-hybridized carbons (Fsp3) is 0.273. The molecule has 0 amide bonds. The van der Waals surface area contributed by atoms with E-state index in [1.54, 1.807) is 0 Å². The van der Waals surface area contributed by atoms with Crippen molar-refractivity contribution in [2.75, 3.05) is 5.32 Å². The molecule has 3 aromatic rings. The van der Waals surface area contributed by atoms with Gasteiger partial charge < -0.3 is 10.4 Å². The van der Waals surface area contributed by atoms with E-state index < -0.39 is 5.97 Å². The zero-order chi connectivity index (χ0) is 27.1. The van der Waals surface area contributed by atoms with Crippen LogP contribution in [-0.4, -0.2) is 17.4 Å². The van der Waals surface area contributed by atoms with E-state index >= 15 is 0 Å². The van der Waals surface area contributed by atoms with E-state index in [0.29, 0.717) is 34.1 Å². The van der Waals surface area contributed by atoms with Crippen LogP contribution in [0.1, 0.15) is 84.4 Å². The normalized spacial score (nSPS) is 11.3. The largest absolute Gasteiger partial charge is 0.478 e. The Bertz CT molecular complexity index is 1340. The summed E-state index contributed by atoms with van der Waals surface area (Å²) in [4.78, 5) is 23.2. The molecule has 0 bridgehead atoms. The first kappa shape index (κ1) is 30.6. The number of halogens is 1. The fourth-order valence-electron chi connectivity index (χ4n) is 4.47. The van der Waals surface area contributed by atoms with Gasteiger partial charge in [0.2, 0.25) is 0 Å². The van der Waals surface area contributed by atoms with E-state index in [9.17, 15) is 14.7 Å². The first-order valence-electron chi connectivity index (χ1n) is 12.5. The van der Waals surface area contributed by atoms with Gasteiger partial charge in [0.25, 0.3) is 0 Å². The van der Waals surface area contributed by atoms with Crippen LogP contribution in [0.2, 0.25) is 5.02 Å². The summed E-state index contributed by atoms with van der Waals surface area (Å²) < 4.78 is 0. The maximum absolute atomic E-state index is 11.9. The minimum atomic E-state index is -1.09. The molecule has 3 rings (SSSR count). The first-order chi connectivity index (χ1) is 17.6. The monoisotopic (exact) mass is 531 g/mol. The van der Waals surface area contributed by atoms with Gasteiger partial charge in [0.15, 0.2) is 0 Å². The minimum Gasteiger partial charge on any atom is -0.478 e. The molecule has 1 atom stereocenters. The second-order valence-corrected chi connectivity index (χ2v) is 10.0. The molecule has 200 valence electrons. The maximum Gasteiger partial charge on any atom is 0.336 e. The molecule has 0 spiro atoms. The molecule has 0 radical (unpaired) electrons. The number of rotatable bonds is 12. The zero-order valence-electron chi connectivity index (χ0n) is 21.7. The van der Waals surface area contributed by atoms with Crippen molar-refractivity contribution >= 4 is 40.8 Å². The summed E-state index contributed by atoms with van der Waals surface area (Å²) in [6, 6.07) is 16.4. The van der Waals surface area contributed by atoms with Crippen molar-refractivity contribution in [3.63, 3.8) is 0 Å². The second-order valence-electron chi connectivity index (χ2n) is 9.61. The first-order valence-corrected chi connectivity index (χ1v) is 12.9. The van der Waals surface area contributed by atoms with Crippen LogP contribution in [0.15, 0.2) is 67.8 Å². The summed E-state index contributed by atoms with van der Waals surface area (Å²) in [5.41, 5.74) is 6.71. The third-order valence-corrected chi connectivity index (χ3v) is 6.89. The van der Waals surface area contributed by atoms with Gasteiger partial charge in [-0.25, -0.2) is 4.79 Å². The molecule has 4 nitrogen and oxygen atoms in total. The van der Waals surface area contributed by atoms with Crippen LogP contribution in [-0.2, 0) is 0 Å². The molecule has 2 N–H and O–H groups in total. The van der Waals surface area contributed by atoms with Crippen molar-refractivity contribution in [1.29, 1.82) is 0 Å². The molecule has 1 unspecified atom stereocenters.